The average Bonchev–Trinajstić information content (AvgIpc) is 3.04. The Labute approximate surface area is 130 Å². The molecule has 118 valence electrons. The molecule has 6 nitrogen and oxygen atoms in total. The Bertz CT molecular complexity index is 790. The van der Waals surface area contributed by atoms with Crippen molar-refractivity contribution in [3.05, 3.63) is 54.2 Å². The van der Waals surface area contributed by atoms with Crippen LogP contribution < -0.4 is 4.74 Å². The second-order valence-corrected chi connectivity index (χ2v) is 4.73. The molecule has 0 N–H and O–H groups in total. The SMILES string of the molecule is CC(F)c1nnc(-c2ccc(COc3cncc(F)c3)nc2)o1. The third-order valence-corrected chi connectivity index (χ3v) is 2.92. The monoisotopic (exact) mass is 318 g/mol. The highest BCUT2D eigenvalue weighted by Crippen LogP contribution is 2.21. The van der Waals surface area contributed by atoms with Crippen LogP contribution in [0.15, 0.2) is 41.2 Å². The molecular weight excluding hydrogens is 306 g/mol. The fraction of sp³-hybridized carbons (Fsp3) is 0.200. The normalized spacial score (nSPS) is 12.1. The number of alkyl halides is 1. The van der Waals surface area contributed by atoms with E-state index in [0.29, 0.717) is 17.0 Å². The molecule has 23 heavy (non-hydrogen) atoms. The van der Waals surface area contributed by atoms with Gasteiger partial charge in [0.2, 0.25) is 5.89 Å². The van der Waals surface area contributed by atoms with Gasteiger partial charge in [-0.25, -0.2) is 8.78 Å². The summed E-state index contributed by atoms with van der Waals surface area (Å²) in [6, 6.07) is 4.64. The van der Waals surface area contributed by atoms with E-state index in [4.69, 9.17) is 9.15 Å². The van der Waals surface area contributed by atoms with E-state index in [1.807, 2.05) is 0 Å². The number of pyridine rings is 2. The van der Waals surface area contributed by atoms with Gasteiger partial charge in [-0.3, -0.25) is 9.97 Å². The summed E-state index contributed by atoms with van der Waals surface area (Å²) < 4.78 is 36.6. The van der Waals surface area contributed by atoms with Gasteiger partial charge in [0.15, 0.2) is 6.17 Å². The van der Waals surface area contributed by atoms with E-state index in [2.05, 4.69) is 20.2 Å². The summed E-state index contributed by atoms with van der Waals surface area (Å²) in [5.41, 5.74) is 1.19. The molecular formula is C15H12F2N4O2. The molecule has 1 unspecified atom stereocenters. The Hall–Kier alpha value is -2.90. The van der Waals surface area contributed by atoms with Gasteiger partial charge in [0.1, 0.15) is 18.2 Å². The van der Waals surface area contributed by atoms with Gasteiger partial charge in [-0.05, 0) is 19.1 Å². The summed E-state index contributed by atoms with van der Waals surface area (Å²) >= 11 is 0. The average molecular weight is 318 g/mol. The molecule has 3 rings (SSSR count). The van der Waals surface area contributed by atoms with Gasteiger partial charge in [0, 0.05) is 12.3 Å². The van der Waals surface area contributed by atoms with Crippen molar-refractivity contribution in [1.82, 2.24) is 20.2 Å². The first-order chi connectivity index (χ1) is 11.1. The van der Waals surface area contributed by atoms with E-state index in [9.17, 15) is 8.78 Å². The summed E-state index contributed by atoms with van der Waals surface area (Å²) in [6.45, 7) is 1.47. The fourth-order valence-electron chi connectivity index (χ4n) is 1.78. The minimum Gasteiger partial charge on any atom is -0.486 e. The molecule has 3 aromatic heterocycles. The molecule has 8 heteroatoms. The van der Waals surface area contributed by atoms with Crippen LogP contribution in [0.25, 0.3) is 11.5 Å². The maximum absolute atomic E-state index is 13.1. The van der Waals surface area contributed by atoms with Crippen LogP contribution in [-0.4, -0.2) is 20.2 Å². The lowest BCUT2D eigenvalue weighted by Gasteiger charge is -2.05. The van der Waals surface area contributed by atoms with Crippen molar-refractivity contribution in [2.24, 2.45) is 0 Å². The standard InChI is InChI=1S/C15H12F2N4O2/c1-9(16)14-20-21-15(23-14)10-2-3-12(19-5-10)8-22-13-4-11(17)6-18-7-13/h2-7,9H,8H2,1H3. The number of hydrogen-bond donors (Lipinski definition) is 0. The van der Waals surface area contributed by atoms with Crippen LogP contribution in [0, 0.1) is 5.82 Å². The van der Waals surface area contributed by atoms with Crippen LogP contribution in [0.2, 0.25) is 0 Å². The number of rotatable bonds is 5. The lowest BCUT2D eigenvalue weighted by Crippen LogP contribution is -1.98. The maximum atomic E-state index is 13.1. The zero-order valence-electron chi connectivity index (χ0n) is 12.1. The third kappa shape index (κ3) is 3.65. The van der Waals surface area contributed by atoms with Gasteiger partial charge in [0.25, 0.3) is 5.89 Å². The summed E-state index contributed by atoms with van der Waals surface area (Å²) in [4.78, 5) is 7.87. The number of aromatic nitrogens is 4. The van der Waals surface area contributed by atoms with Gasteiger partial charge < -0.3 is 9.15 Å². The Morgan fingerprint density at radius 1 is 1.22 bits per heavy atom. The Balaban J connectivity index is 1.67. The molecule has 3 aromatic rings. The molecule has 0 aliphatic rings. The minimum absolute atomic E-state index is 0.0778. The zero-order valence-corrected chi connectivity index (χ0v) is 12.1. The summed E-state index contributed by atoms with van der Waals surface area (Å²) in [6.07, 6.45) is 2.70. The smallest absolute Gasteiger partial charge is 0.250 e. The summed E-state index contributed by atoms with van der Waals surface area (Å²) in [5.74, 6) is -0.0423. The molecule has 0 fully saturated rings. The van der Waals surface area contributed by atoms with Crippen molar-refractivity contribution in [3.63, 3.8) is 0 Å². The van der Waals surface area contributed by atoms with Gasteiger partial charge in [0.05, 0.1) is 23.7 Å². The van der Waals surface area contributed by atoms with Crippen LogP contribution >= 0.6 is 0 Å². The Kier molecular flexibility index (Phi) is 4.22. The molecule has 0 saturated heterocycles. The molecule has 0 amide bonds. The van der Waals surface area contributed by atoms with Crippen LogP contribution in [0.3, 0.4) is 0 Å². The molecule has 0 bridgehead atoms. The Morgan fingerprint density at radius 3 is 2.74 bits per heavy atom. The summed E-state index contributed by atoms with van der Waals surface area (Å²) in [7, 11) is 0. The molecule has 3 heterocycles. The number of halogens is 2. The van der Waals surface area contributed by atoms with Gasteiger partial charge in [-0.15, -0.1) is 10.2 Å². The largest absolute Gasteiger partial charge is 0.486 e. The molecule has 0 aliphatic heterocycles. The van der Waals surface area contributed by atoms with Crippen molar-refractivity contribution in [2.75, 3.05) is 0 Å². The first kappa shape index (κ1) is 15.0. The first-order valence-electron chi connectivity index (χ1n) is 6.78. The van der Waals surface area contributed by atoms with Crippen LogP contribution in [0.5, 0.6) is 5.75 Å². The molecule has 0 aliphatic carbocycles. The van der Waals surface area contributed by atoms with Crippen molar-refractivity contribution in [2.45, 2.75) is 19.7 Å². The lowest BCUT2D eigenvalue weighted by atomic mass is 10.2. The van der Waals surface area contributed by atoms with Gasteiger partial charge in [-0.1, -0.05) is 0 Å². The molecule has 0 saturated carbocycles. The number of nitrogens with zero attached hydrogens (tertiary/aromatic N) is 4. The topological polar surface area (TPSA) is 73.9 Å². The van der Waals surface area contributed by atoms with Crippen LogP contribution in [0.1, 0.15) is 24.7 Å². The Morgan fingerprint density at radius 2 is 2.09 bits per heavy atom. The van der Waals surface area contributed by atoms with E-state index >= 15 is 0 Å². The second-order valence-electron chi connectivity index (χ2n) is 4.73. The van der Waals surface area contributed by atoms with Crippen molar-refractivity contribution < 1.29 is 17.9 Å². The van der Waals surface area contributed by atoms with Crippen LogP contribution in [0.4, 0.5) is 8.78 Å². The quantitative estimate of drug-likeness (QED) is 0.719. The van der Waals surface area contributed by atoms with Crippen molar-refractivity contribution in [3.8, 4) is 17.2 Å². The predicted octanol–water partition coefficient (Wildman–Crippen LogP) is 3.28. The maximum Gasteiger partial charge on any atom is 0.250 e. The fourth-order valence-corrected chi connectivity index (χ4v) is 1.78. The van der Waals surface area contributed by atoms with Crippen LogP contribution in [-0.2, 0) is 6.61 Å². The highest BCUT2D eigenvalue weighted by Gasteiger charge is 2.14. The highest BCUT2D eigenvalue weighted by molar-refractivity contribution is 5.50. The predicted molar refractivity (Wildman–Crippen MR) is 75.6 cm³/mol. The van der Waals surface area contributed by atoms with Gasteiger partial charge in [-0.2, -0.15) is 0 Å². The molecule has 0 radical (unpaired) electrons. The van der Waals surface area contributed by atoms with Crippen molar-refractivity contribution in [1.29, 1.82) is 0 Å². The second kappa shape index (κ2) is 6.47. The lowest BCUT2D eigenvalue weighted by molar-refractivity contribution is 0.298. The van der Waals surface area contributed by atoms with Crippen molar-refractivity contribution >= 4 is 0 Å². The van der Waals surface area contributed by atoms with Gasteiger partial charge >= 0.3 is 0 Å². The van der Waals surface area contributed by atoms with E-state index in [1.165, 1.54) is 25.4 Å². The molecule has 0 spiro atoms. The zero-order chi connectivity index (χ0) is 16.2. The van der Waals surface area contributed by atoms with E-state index in [-0.39, 0.29) is 18.4 Å². The highest BCUT2D eigenvalue weighted by atomic mass is 19.1. The van der Waals surface area contributed by atoms with E-state index in [0.717, 1.165) is 6.20 Å². The first-order valence-corrected chi connectivity index (χ1v) is 6.78. The summed E-state index contributed by atoms with van der Waals surface area (Å²) in [5, 5.41) is 7.37. The molecule has 0 aromatic carbocycles. The third-order valence-electron chi connectivity index (χ3n) is 2.92. The van der Waals surface area contributed by atoms with E-state index < -0.39 is 12.0 Å². The number of hydrogen-bond acceptors (Lipinski definition) is 6. The molecule has 1 atom stereocenters. The minimum atomic E-state index is -1.32. The number of ether oxygens (including phenoxy) is 1. The van der Waals surface area contributed by atoms with E-state index in [1.54, 1.807) is 12.1 Å².